The third kappa shape index (κ3) is 3.94. The van der Waals surface area contributed by atoms with Crippen LogP contribution in [0, 0.1) is 6.92 Å². The number of nitrogens with two attached hydrogens (primary N) is 1. The Kier molecular flexibility index (Phi) is 5.14. The lowest BCUT2D eigenvalue weighted by molar-refractivity contribution is -0.683. The lowest BCUT2D eigenvalue weighted by Gasteiger charge is -2.05. The smallest absolute Gasteiger partial charge is 0.231 e. The van der Waals surface area contributed by atoms with Gasteiger partial charge >= 0.3 is 0 Å². The standard InChI is InChI=1S/C21H22N3/c1-17-9-12-23-20(15-17)21-16-19(10-13-24(21)14-11-22)8-7-18-5-3-2-4-6-18/h2-10,12-13,15-16H,11,14,22H2,1H3/q+1/b8-7+. The molecule has 0 aliphatic heterocycles. The second-order valence-electron chi connectivity index (χ2n) is 5.79. The number of hydrogen-bond acceptors (Lipinski definition) is 2. The van der Waals surface area contributed by atoms with E-state index in [2.05, 4.69) is 65.2 Å². The van der Waals surface area contributed by atoms with Crippen LogP contribution in [0.5, 0.6) is 0 Å². The van der Waals surface area contributed by atoms with Crippen molar-refractivity contribution in [1.82, 2.24) is 4.98 Å². The Morgan fingerprint density at radius 1 is 1.00 bits per heavy atom. The third-order valence-electron chi connectivity index (χ3n) is 3.88. The molecular formula is C21H22N3+. The minimum Gasteiger partial charge on any atom is -0.325 e. The van der Waals surface area contributed by atoms with E-state index < -0.39 is 0 Å². The van der Waals surface area contributed by atoms with Crippen LogP contribution in [0.15, 0.2) is 67.0 Å². The molecule has 120 valence electrons. The number of benzene rings is 1. The molecular weight excluding hydrogens is 294 g/mol. The highest BCUT2D eigenvalue weighted by molar-refractivity contribution is 5.70. The molecule has 0 saturated heterocycles. The van der Waals surface area contributed by atoms with E-state index >= 15 is 0 Å². The van der Waals surface area contributed by atoms with Crippen molar-refractivity contribution in [3.8, 4) is 11.4 Å². The summed E-state index contributed by atoms with van der Waals surface area (Å²) in [6.45, 7) is 3.45. The van der Waals surface area contributed by atoms with Gasteiger partial charge in [-0.3, -0.25) is 0 Å². The van der Waals surface area contributed by atoms with Crippen LogP contribution in [0.3, 0.4) is 0 Å². The van der Waals surface area contributed by atoms with Gasteiger partial charge in [-0.05, 0) is 35.7 Å². The highest BCUT2D eigenvalue weighted by atomic mass is 15.0. The van der Waals surface area contributed by atoms with Crippen molar-refractivity contribution in [3.05, 3.63) is 83.7 Å². The molecule has 0 aliphatic rings. The summed E-state index contributed by atoms with van der Waals surface area (Å²) in [5, 5.41) is 0. The number of hydrogen-bond donors (Lipinski definition) is 1. The second kappa shape index (κ2) is 7.66. The number of rotatable bonds is 5. The molecule has 1 aromatic carbocycles. The quantitative estimate of drug-likeness (QED) is 0.732. The van der Waals surface area contributed by atoms with Gasteiger partial charge in [0.05, 0.1) is 6.54 Å². The van der Waals surface area contributed by atoms with Gasteiger partial charge in [-0.1, -0.05) is 42.5 Å². The van der Waals surface area contributed by atoms with Crippen molar-refractivity contribution in [1.29, 1.82) is 0 Å². The van der Waals surface area contributed by atoms with Crippen molar-refractivity contribution >= 4 is 12.2 Å². The van der Waals surface area contributed by atoms with Gasteiger partial charge in [-0.2, -0.15) is 4.57 Å². The minimum atomic E-state index is 0.600. The molecule has 0 spiro atoms. The summed E-state index contributed by atoms with van der Waals surface area (Å²) in [7, 11) is 0. The Labute approximate surface area is 143 Å². The van der Waals surface area contributed by atoms with Crippen LogP contribution >= 0.6 is 0 Å². The molecule has 0 aliphatic carbocycles. The second-order valence-corrected chi connectivity index (χ2v) is 5.79. The maximum absolute atomic E-state index is 5.75. The van der Waals surface area contributed by atoms with Crippen LogP contribution in [0.4, 0.5) is 0 Å². The predicted octanol–water partition coefficient (Wildman–Crippen LogP) is 3.47. The van der Waals surface area contributed by atoms with Gasteiger partial charge < -0.3 is 5.73 Å². The monoisotopic (exact) mass is 316 g/mol. The molecule has 3 aromatic rings. The molecule has 0 unspecified atom stereocenters. The van der Waals surface area contributed by atoms with E-state index in [1.165, 1.54) is 11.1 Å². The van der Waals surface area contributed by atoms with E-state index in [-0.39, 0.29) is 0 Å². The molecule has 2 N–H and O–H groups in total. The summed E-state index contributed by atoms with van der Waals surface area (Å²) in [5.41, 5.74) is 11.3. The van der Waals surface area contributed by atoms with Gasteiger partial charge in [0, 0.05) is 18.3 Å². The Morgan fingerprint density at radius 3 is 2.54 bits per heavy atom. The molecule has 3 nitrogen and oxygen atoms in total. The summed E-state index contributed by atoms with van der Waals surface area (Å²) in [5.74, 6) is 0. The van der Waals surface area contributed by atoms with Crippen molar-refractivity contribution in [2.45, 2.75) is 13.5 Å². The van der Waals surface area contributed by atoms with Crippen molar-refractivity contribution in [3.63, 3.8) is 0 Å². The summed E-state index contributed by atoms with van der Waals surface area (Å²) < 4.78 is 2.15. The predicted molar refractivity (Wildman–Crippen MR) is 99.0 cm³/mol. The fraction of sp³-hybridized carbons (Fsp3) is 0.143. The number of aryl methyl sites for hydroxylation is 1. The van der Waals surface area contributed by atoms with E-state index in [0.717, 1.165) is 23.5 Å². The van der Waals surface area contributed by atoms with Gasteiger partial charge in [-0.15, -0.1) is 0 Å². The van der Waals surface area contributed by atoms with Gasteiger partial charge in [0.2, 0.25) is 5.69 Å². The minimum absolute atomic E-state index is 0.600. The van der Waals surface area contributed by atoms with Crippen LogP contribution in [0.2, 0.25) is 0 Å². The summed E-state index contributed by atoms with van der Waals surface area (Å²) in [6.07, 6.45) is 8.18. The number of pyridine rings is 2. The molecule has 3 heteroatoms. The number of nitrogens with zero attached hydrogens (tertiary/aromatic N) is 2. The SMILES string of the molecule is Cc1ccnc(-c2cc(/C=C/c3ccccc3)cc[n+]2CCN)c1. The topological polar surface area (TPSA) is 42.8 Å². The fourth-order valence-corrected chi connectivity index (χ4v) is 2.64. The Balaban J connectivity index is 1.98. The Bertz CT molecular complexity index is 839. The molecule has 3 rings (SSSR count). The first-order chi connectivity index (χ1) is 11.8. The van der Waals surface area contributed by atoms with Crippen LogP contribution in [-0.4, -0.2) is 11.5 Å². The Morgan fingerprint density at radius 2 is 1.79 bits per heavy atom. The molecule has 0 saturated carbocycles. The summed E-state index contributed by atoms with van der Waals surface area (Å²) in [6, 6.07) is 18.7. The van der Waals surface area contributed by atoms with E-state index in [0.29, 0.717) is 6.54 Å². The fourth-order valence-electron chi connectivity index (χ4n) is 2.64. The average molecular weight is 316 g/mol. The molecule has 0 bridgehead atoms. The van der Waals surface area contributed by atoms with Gasteiger partial charge in [-0.25, -0.2) is 4.98 Å². The first-order valence-corrected chi connectivity index (χ1v) is 8.16. The van der Waals surface area contributed by atoms with Gasteiger partial charge in [0.25, 0.3) is 0 Å². The van der Waals surface area contributed by atoms with E-state index in [9.17, 15) is 0 Å². The summed E-state index contributed by atoms with van der Waals surface area (Å²) in [4.78, 5) is 4.53. The molecule has 0 radical (unpaired) electrons. The van der Waals surface area contributed by atoms with Crippen LogP contribution in [0.25, 0.3) is 23.5 Å². The Hall–Kier alpha value is -2.78. The zero-order valence-corrected chi connectivity index (χ0v) is 13.9. The van der Waals surface area contributed by atoms with Crippen LogP contribution < -0.4 is 10.3 Å². The third-order valence-corrected chi connectivity index (χ3v) is 3.88. The largest absolute Gasteiger partial charge is 0.325 e. The maximum Gasteiger partial charge on any atom is 0.231 e. The molecule has 2 aromatic heterocycles. The first kappa shape index (κ1) is 16.1. The highest BCUT2D eigenvalue weighted by Crippen LogP contribution is 2.17. The molecule has 0 amide bonds. The first-order valence-electron chi connectivity index (χ1n) is 8.16. The molecule has 24 heavy (non-hydrogen) atoms. The highest BCUT2D eigenvalue weighted by Gasteiger charge is 2.14. The zero-order chi connectivity index (χ0) is 16.8. The van der Waals surface area contributed by atoms with Gasteiger partial charge in [0.15, 0.2) is 12.7 Å². The summed E-state index contributed by atoms with van der Waals surface area (Å²) >= 11 is 0. The lowest BCUT2D eigenvalue weighted by atomic mass is 10.1. The molecule has 2 heterocycles. The van der Waals surface area contributed by atoms with Crippen molar-refractivity contribution in [2.75, 3.05) is 6.54 Å². The average Bonchev–Trinajstić information content (AvgIpc) is 2.62. The van der Waals surface area contributed by atoms with Crippen LogP contribution in [0.1, 0.15) is 16.7 Å². The number of aromatic nitrogens is 2. The van der Waals surface area contributed by atoms with Crippen LogP contribution in [-0.2, 0) is 6.54 Å². The van der Waals surface area contributed by atoms with E-state index in [1.54, 1.807) is 0 Å². The maximum atomic E-state index is 5.75. The lowest BCUT2D eigenvalue weighted by Crippen LogP contribution is -2.39. The zero-order valence-electron chi connectivity index (χ0n) is 13.9. The molecule has 0 fully saturated rings. The normalized spacial score (nSPS) is 11.1. The van der Waals surface area contributed by atoms with Crippen molar-refractivity contribution < 1.29 is 4.57 Å². The molecule has 0 atom stereocenters. The van der Waals surface area contributed by atoms with Gasteiger partial charge in [0.1, 0.15) is 5.69 Å². The van der Waals surface area contributed by atoms with E-state index in [4.69, 9.17) is 5.73 Å². The van der Waals surface area contributed by atoms with Crippen molar-refractivity contribution in [2.24, 2.45) is 5.73 Å². The van der Waals surface area contributed by atoms with E-state index in [1.807, 2.05) is 30.5 Å².